The van der Waals surface area contributed by atoms with Crippen LogP contribution in [0.1, 0.15) is 19.8 Å². The van der Waals surface area contributed by atoms with E-state index in [9.17, 15) is 13.6 Å². The van der Waals surface area contributed by atoms with E-state index in [1.165, 1.54) is 6.07 Å². The van der Waals surface area contributed by atoms with E-state index in [0.29, 0.717) is 12.5 Å². The Balaban J connectivity index is 2.00. The number of rotatable bonds is 4. The summed E-state index contributed by atoms with van der Waals surface area (Å²) in [4.78, 5) is 11.8. The van der Waals surface area contributed by atoms with Gasteiger partial charge < -0.3 is 16.4 Å². The van der Waals surface area contributed by atoms with E-state index in [0.717, 1.165) is 25.0 Å². The van der Waals surface area contributed by atoms with Crippen LogP contribution in [-0.4, -0.2) is 18.1 Å². The minimum Gasteiger partial charge on any atom is -0.331 e. The second-order valence-corrected chi connectivity index (χ2v) is 5.10. The summed E-state index contributed by atoms with van der Waals surface area (Å²) in [5.74, 6) is -1.13. The Kier molecular flexibility index (Phi) is 3.71. The number of anilines is 1. The van der Waals surface area contributed by atoms with Crippen LogP contribution in [0.5, 0.6) is 0 Å². The molecule has 1 aliphatic rings. The highest BCUT2D eigenvalue weighted by Gasteiger charge is 2.41. The third-order valence-electron chi connectivity index (χ3n) is 3.48. The fourth-order valence-electron chi connectivity index (χ4n) is 2.04. The molecule has 0 bridgehead atoms. The van der Waals surface area contributed by atoms with E-state index in [1.54, 1.807) is 0 Å². The number of nitrogens with one attached hydrogen (secondary N) is 2. The van der Waals surface area contributed by atoms with E-state index < -0.39 is 23.2 Å². The SMILES string of the molecule is CC(CN)(NC(=O)Nc1ccc(F)cc1F)C1CC1. The highest BCUT2D eigenvalue weighted by Crippen LogP contribution is 2.38. The zero-order valence-corrected chi connectivity index (χ0v) is 10.7. The van der Waals surface area contributed by atoms with Gasteiger partial charge in [0.25, 0.3) is 0 Å². The number of hydrogen-bond acceptors (Lipinski definition) is 2. The molecule has 1 aromatic rings. The smallest absolute Gasteiger partial charge is 0.319 e. The molecule has 1 atom stereocenters. The van der Waals surface area contributed by atoms with Crippen molar-refractivity contribution >= 4 is 11.7 Å². The van der Waals surface area contributed by atoms with Crippen molar-refractivity contribution < 1.29 is 13.6 Å². The molecule has 0 spiro atoms. The van der Waals surface area contributed by atoms with Crippen molar-refractivity contribution in [1.82, 2.24) is 5.32 Å². The van der Waals surface area contributed by atoms with Crippen molar-refractivity contribution in [3.8, 4) is 0 Å². The first-order valence-corrected chi connectivity index (χ1v) is 6.19. The number of benzene rings is 1. The largest absolute Gasteiger partial charge is 0.331 e. The van der Waals surface area contributed by atoms with Crippen molar-refractivity contribution in [3.05, 3.63) is 29.8 Å². The van der Waals surface area contributed by atoms with Crippen molar-refractivity contribution in [2.24, 2.45) is 11.7 Å². The second kappa shape index (κ2) is 5.13. The summed E-state index contributed by atoms with van der Waals surface area (Å²) in [7, 11) is 0. The molecule has 2 amide bonds. The van der Waals surface area contributed by atoms with Gasteiger partial charge in [0.15, 0.2) is 0 Å². The monoisotopic (exact) mass is 269 g/mol. The molecule has 0 saturated heterocycles. The average molecular weight is 269 g/mol. The molecule has 4 nitrogen and oxygen atoms in total. The third-order valence-corrected chi connectivity index (χ3v) is 3.48. The number of carbonyl (C=O) groups is 1. The molecule has 0 radical (unpaired) electrons. The molecule has 1 aliphatic carbocycles. The lowest BCUT2D eigenvalue weighted by Gasteiger charge is -2.29. The Morgan fingerprint density at radius 2 is 2.16 bits per heavy atom. The van der Waals surface area contributed by atoms with Crippen LogP contribution in [0.4, 0.5) is 19.3 Å². The average Bonchev–Trinajstić information content (AvgIpc) is 3.17. The molecule has 4 N–H and O–H groups in total. The highest BCUT2D eigenvalue weighted by molar-refractivity contribution is 5.89. The molecule has 6 heteroatoms. The fourth-order valence-corrected chi connectivity index (χ4v) is 2.04. The van der Waals surface area contributed by atoms with Crippen LogP contribution in [0.2, 0.25) is 0 Å². The summed E-state index contributed by atoms with van der Waals surface area (Å²) >= 11 is 0. The molecule has 19 heavy (non-hydrogen) atoms. The molecule has 1 unspecified atom stereocenters. The summed E-state index contributed by atoms with van der Waals surface area (Å²) in [5, 5.41) is 5.12. The van der Waals surface area contributed by atoms with E-state index in [1.807, 2.05) is 6.92 Å². The summed E-state index contributed by atoms with van der Waals surface area (Å²) < 4.78 is 26.1. The zero-order valence-electron chi connectivity index (χ0n) is 10.7. The van der Waals surface area contributed by atoms with Gasteiger partial charge in [-0.25, -0.2) is 13.6 Å². The Bertz CT molecular complexity index is 491. The Morgan fingerprint density at radius 3 is 2.68 bits per heavy atom. The Labute approximate surface area is 110 Å². The van der Waals surface area contributed by atoms with Gasteiger partial charge in [-0.05, 0) is 37.8 Å². The zero-order chi connectivity index (χ0) is 14.0. The van der Waals surface area contributed by atoms with Gasteiger partial charge >= 0.3 is 6.03 Å². The van der Waals surface area contributed by atoms with Crippen LogP contribution in [-0.2, 0) is 0 Å². The normalized spacial score (nSPS) is 17.7. The van der Waals surface area contributed by atoms with Gasteiger partial charge in [0, 0.05) is 12.6 Å². The van der Waals surface area contributed by atoms with Crippen LogP contribution in [0, 0.1) is 17.6 Å². The molecule has 0 aromatic heterocycles. The molecule has 2 rings (SSSR count). The van der Waals surface area contributed by atoms with Gasteiger partial charge in [0.1, 0.15) is 11.6 Å². The van der Waals surface area contributed by atoms with E-state index in [4.69, 9.17) is 5.73 Å². The fraction of sp³-hybridized carbons (Fsp3) is 0.462. The first-order chi connectivity index (χ1) is 8.94. The van der Waals surface area contributed by atoms with Gasteiger partial charge in [-0.1, -0.05) is 0 Å². The van der Waals surface area contributed by atoms with Gasteiger partial charge in [-0.15, -0.1) is 0 Å². The maximum Gasteiger partial charge on any atom is 0.319 e. The van der Waals surface area contributed by atoms with Crippen LogP contribution in [0.25, 0.3) is 0 Å². The number of halogens is 2. The number of urea groups is 1. The van der Waals surface area contributed by atoms with Crippen molar-refractivity contribution in [2.45, 2.75) is 25.3 Å². The lowest BCUT2D eigenvalue weighted by Crippen LogP contribution is -2.54. The Morgan fingerprint density at radius 1 is 1.47 bits per heavy atom. The number of nitrogens with two attached hydrogens (primary N) is 1. The predicted octanol–water partition coefficient (Wildman–Crippen LogP) is 2.21. The van der Waals surface area contributed by atoms with Crippen LogP contribution >= 0.6 is 0 Å². The van der Waals surface area contributed by atoms with Crippen molar-refractivity contribution in [2.75, 3.05) is 11.9 Å². The van der Waals surface area contributed by atoms with Gasteiger partial charge in [-0.3, -0.25) is 0 Å². The molecule has 1 fully saturated rings. The predicted molar refractivity (Wildman–Crippen MR) is 68.7 cm³/mol. The molecule has 1 saturated carbocycles. The van der Waals surface area contributed by atoms with Gasteiger partial charge in [0.05, 0.1) is 11.2 Å². The minimum absolute atomic E-state index is 0.0610. The minimum atomic E-state index is -0.809. The number of carbonyl (C=O) groups excluding carboxylic acids is 1. The van der Waals surface area contributed by atoms with E-state index >= 15 is 0 Å². The lowest BCUT2D eigenvalue weighted by atomic mass is 9.96. The number of hydrogen-bond donors (Lipinski definition) is 3. The molecular formula is C13H17F2N3O. The molecule has 0 aliphatic heterocycles. The summed E-state index contributed by atoms with van der Waals surface area (Å²) in [6, 6.07) is 2.45. The van der Waals surface area contributed by atoms with Crippen LogP contribution in [0.3, 0.4) is 0 Å². The quantitative estimate of drug-likeness (QED) is 0.784. The second-order valence-electron chi connectivity index (χ2n) is 5.10. The van der Waals surface area contributed by atoms with E-state index in [-0.39, 0.29) is 5.69 Å². The Hall–Kier alpha value is -1.69. The third kappa shape index (κ3) is 3.20. The van der Waals surface area contributed by atoms with Crippen molar-refractivity contribution in [3.63, 3.8) is 0 Å². The molecule has 104 valence electrons. The molecule has 0 heterocycles. The number of amides is 2. The maximum absolute atomic E-state index is 13.4. The molecule has 1 aromatic carbocycles. The summed E-state index contributed by atoms with van der Waals surface area (Å²) in [6.07, 6.45) is 2.05. The van der Waals surface area contributed by atoms with Crippen LogP contribution < -0.4 is 16.4 Å². The highest BCUT2D eigenvalue weighted by atomic mass is 19.1. The topological polar surface area (TPSA) is 67.1 Å². The first kappa shape index (κ1) is 13.7. The van der Waals surface area contributed by atoms with Crippen molar-refractivity contribution in [1.29, 1.82) is 0 Å². The van der Waals surface area contributed by atoms with Gasteiger partial charge in [0.2, 0.25) is 0 Å². The van der Waals surface area contributed by atoms with Crippen LogP contribution in [0.15, 0.2) is 18.2 Å². The lowest BCUT2D eigenvalue weighted by molar-refractivity contribution is 0.234. The summed E-state index contributed by atoms with van der Waals surface area (Å²) in [5.41, 5.74) is 5.13. The standard InChI is InChI=1S/C13H17F2N3O/c1-13(7-16,8-2-3-8)18-12(19)17-11-5-4-9(14)6-10(11)15/h4-6,8H,2-3,7,16H2,1H3,(H2,17,18,19). The summed E-state index contributed by atoms with van der Waals surface area (Å²) in [6.45, 7) is 2.18. The maximum atomic E-state index is 13.4. The van der Waals surface area contributed by atoms with E-state index in [2.05, 4.69) is 10.6 Å². The first-order valence-electron chi connectivity index (χ1n) is 6.19. The van der Waals surface area contributed by atoms with Gasteiger partial charge in [-0.2, -0.15) is 0 Å². The molecular weight excluding hydrogens is 252 g/mol.